The molecular formula is C24H31N3O4. The number of hydrogen-bond acceptors (Lipinski definition) is 7. The lowest BCUT2D eigenvalue weighted by atomic mass is 10.1. The minimum atomic E-state index is -0.598. The molecule has 1 aromatic carbocycles. The molecule has 0 unspecified atom stereocenters. The Balaban J connectivity index is 1.56. The van der Waals surface area contributed by atoms with Crippen molar-refractivity contribution in [2.75, 3.05) is 57.5 Å². The number of ether oxygens (including phenoxy) is 2. The molecule has 1 aliphatic carbocycles. The number of aliphatic hydroxyl groups excluding tert-OH is 1. The van der Waals surface area contributed by atoms with Gasteiger partial charge < -0.3 is 24.0 Å². The molecule has 1 saturated heterocycles. The first-order valence-electron chi connectivity index (χ1n) is 11.0. The normalized spacial score (nSPS) is 17.6. The van der Waals surface area contributed by atoms with Crippen LogP contribution in [0.3, 0.4) is 0 Å². The van der Waals surface area contributed by atoms with Gasteiger partial charge in [-0.2, -0.15) is 0 Å². The smallest absolute Gasteiger partial charge is 0.232 e. The summed E-state index contributed by atoms with van der Waals surface area (Å²) < 4.78 is 16.7. The maximum atomic E-state index is 10.5. The molecule has 4 rings (SSSR count). The molecule has 1 aliphatic heterocycles. The lowest BCUT2D eigenvalue weighted by molar-refractivity contribution is 0.0251. The first kappa shape index (κ1) is 21.8. The second-order valence-electron chi connectivity index (χ2n) is 8.29. The molecule has 2 fully saturated rings. The van der Waals surface area contributed by atoms with Crippen LogP contribution in [0.25, 0.3) is 11.3 Å². The number of morpholine rings is 1. The number of benzene rings is 1. The molecule has 7 nitrogen and oxygen atoms in total. The fourth-order valence-corrected chi connectivity index (χ4v) is 3.98. The molecule has 1 saturated carbocycles. The van der Waals surface area contributed by atoms with Crippen LogP contribution >= 0.6 is 0 Å². The largest absolute Gasteiger partial charge is 0.389 e. The van der Waals surface area contributed by atoms with Crippen LogP contribution in [0, 0.1) is 18.3 Å². The number of nitrogens with zero attached hydrogens (tertiary/aromatic N) is 3. The lowest BCUT2D eigenvalue weighted by Gasteiger charge is -2.29. The van der Waals surface area contributed by atoms with E-state index in [1.165, 1.54) is 12.8 Å². The molecule has 0 amide bonds. The van der Waals surface area contributed by atoms with Crippen LogP contribution in [0.2, 0.25) is 0 Å². The maximum absolute atomic E-state index is 10.5. The summed E-state index contributed by atoms with van der Waals surface area (Å²) in [6, 6.07) is 10.1. The minimum Gasteiger partial charge on any atom is -0.389 e. The first-order valence-corrected chi connectivity index (χ1v) is 11.0. The Kier molecular flexibility index (Phi) is 7.60. The highest BCUT2D eigenvalue weighted by Crippen LogP contribution is 2.35. The van der Waals surface area contributed by atoms with Crippen molar-refractivity contribution in [1.29, 1.82) is 0 Å². The van der Waals surface area contributed by atoms with Gasteiger partial charge in [-0.15, -0.1) is 6.42 Å². The van der Waals surface area contributed by atoms with Crippen molar-refractivity contribution in [3.05, 3.63) is 35.9 Å². The molecule has 7 heteroatoms. The Labute approximate surface area is 183 Å². The SMILES string of the molecule is C#CCOC[C@H](O)CN(Cc1c(-c2ccccc2)noc1N1CCOCC1)CC1CC1. The average molecular weight is 426 g/mol. The Morgan fingerprint density at radius 1 is 1.26 bits per heavy atom. The van der Waals surface area contributed by atoms with Gasteiger partial charge in [0.15, 0.2) is 0 Å². The van der Waals surface area contributed by atoms with Crippen LogP contribution < -0.4 is 4.90 Å². The van der Waals surface area contributed by atoms with E-state index >= 15 is 0 Å². The first-order chi connectivity index (χ1) is 15.2. The molecule has 166 valence electrons. The van der Waals surface area contributed by atoms with Crippen LogP contribution in [0.15, 0.2) is 34.9 Å². The van der Waals surface area contributed by atoms with E-state index in [2.05, 4.69) is 33.0 Å². The molecule has 31 heavy (non-hydrogen) atoms. The van der Waals surface area contributed by atoms with Gasteiger partial charge in [0.1, 0.15) is 12.3 Å². The quantitative estimate of drug-likeness (QED) is 0.438. The fraction of sp³-hybridized carbons (Fsp3) is 0.542. The topological polar surface area (TPSA) is 71.2 Å². The van der Waals surface area contributed by atoms with Crippen LogP contribution in [0.5, 0.6) is 0 Å². The van der Waals surface area contributed by atoms with Crippen LogP contribution in [-0.2, 0) is 16.0 Å². The Morgan fingerprint density at radius 2 is 2.03 bits per heavy atom. The van der Waals surface area contributed by atoms with Gasteiger partial charge >= 0.3 is 0 Å². The molecule has 0 bridgehead atoms. The third kappa shape index (κ3) is 6.08. The van der Waals surface area contributed by atoms with E-state index in [1.54, 1.807) is 0 Å². The molecule has 2 heterocycles. The van der Waals surface area contributed by atoms with Crippen molar-refractivity contribution in [3.8, 4) is 23.6 Å². The highest BCUT2D eigenvalue weighted by atomic mass is 16.5. The van der Waals surface area contributed by atoms with Crippen molar-refractivity contribution < 1.29 is 19.1 Å². The van der Waals surface area contributed by atoms with Crippen molar-refractivity contribution in [3.63, 3.8) is 0 Å². The van der Waals surface area contributed by atoms with Gasteiger partial charge in [0, 0.05) is 38.3 Å². The minimum absolute atomic E-state index is 0.213. The standard InChI is InChI=1S/C24H31N3O4/c1-2-12-30-18-21(28)16-26(15-19-8-9-19)17-22-23(20-6-4-3-5-7-20)25-31-24(22)27-10-13-29-14-11-27/h1,3-7,19,21,28H,8-18H2/t21-/m1/s1. The number of anilines is 1. The molecule has 1 aromatic heterocycles. The summed E-state index contributed by atoms with van der Waals surface area (Å²) in [4.78, 5) is 4.50. The van der Waals surface area contributed by atoms with Crippen molar-refractivity contribution in [2.45, 2.75) is 25.5 Å². The maximum Gasteiger partial charge on any atom is 0.232 e. The zero-order valence-electron chi connectivity index (χ0n) is 17.9. The van der Waals surface area contributed by atoms with Gasteiger partial charge in [-0.1, -0.05) is 41.4 Å². The number of terminal acetylenes is 1. The third-order valence-corrected chi connectivity index (χ3v) is 5.67. The van der Waals surface area contributed by atoms with E-state index in [-0.39, 0.29) is 13.2 Å². The van der Waals surface area contributed by atoms with Crippen LogP contribution in [-0.4, -0.2) is 73.9 Å². The van der Waals surface area contributed by atoms with E-state index in [1.807, 2.05) is 18.2 Å². The Morgan fingerprint density at radius 3 is 2.74 bits per heavy atom. The number of aliphatic hydroxyl groups is 1. The van der Waals surface area contributed by atoms with Crippen molar-refractivity contribution >= 4 is 5.88 Å². The molecule has 1 atom stereocenters. The summed E-state index contributed by atoms with van der Waals surface area (Å²) >= 11 is 0. The number of hydrogen-bond donors (Lipinski definition) is 1. The summed E-state index contributed by atoms with van der Waals surface area (Å²) in [5, 5.41) is 15.0. The lowest BCUT2D eigenvalue weighted by Crippen LogP contribution is -2.38. The second kappa shape index (κ2) is 10.8. The molecule has 0 radical (unpaired) electrons. The number of rotatable bonds is 11. The summed E-state index contributed by atoms with van der Waals surface area (Å²) in [6.45, 7) is 5.47. The molecule has 2 aromatic rings. The van der Waals surface area contributed by atoms with Gasteiger partial charge in [0.05, 0.1) is 31.5 Å². The van der Waals surface area contributed by atoms with Gasteiger partial charge in [-0.25, -0.2) is 0 Å². The third-order valence-electron chi connectivity index (χ3n) is 5.67. The molecule has 2 aliphatic rings. The monoisotopic (exact) mass is 425 g/mol. The highest BCUT2D eigenvalue weighted by molar-refractivity contribution is 5.68. The predicted molar refractivity (Wildman–Crippen MR) is 119 cm³/mol. The van der Waals surface area contributed by atoms with Gasteiger partial charge in [0.25, 0.3) is 0 Å². The highest BCUT2D eigenvalue weighted by Gasteiger charge is 2.29. The molecular weight excluding hydrogens is 394 g/mol. The van der Waals surface area contributed by atoms with E-state index < -0.39 is 6.10 Å². The van der Waals surface area contributed by atoms with Gasteiger partial charge in [0.2, 0.25) is 5.88 Å². The van der Waals surface area contributed by atoms with Gasteiger partial charge in [-0.05, 0) is 18.8 Å². The Bertz CT molecular complexity index is 853. The van der Waals surface area contributed by atoms with E-state index in [4.69, 9.17) is 20.4 Å². The van der Waals surface area contributed by atoms with Crippen LogP contribution in [0.4, 0.5) is 5.88 Å². The Hall–Kier alpha value is -2.37. The van der Waals surface area contributed by atoms with E-state index in [0.717, 1.165) is 42.3 Å². The second-order valence-corrected chi connectivity index (χ2v) is 8.29. The van der Waals surface area contributed by atoms with Crippen molar-refractivity contribution in [2.24, 2.45) is 5.92 Å². The molecule has 1 N–H and O–H groups in total. The fourth-order valence-electron chi connectivity index (χ4n) is 3.98. The zero-order chi connectivity index (χ0) is 21.5. The van der Waals surface area contributed by atoms with E-state index in [9.17, 15) is 5.11 Å². The predicted octanol–water partition coefficient (Wildman–Crippen LogP) is 2.40. The summed E-state index contributed by atoms with van der Waals surface area (Å²) in [6.07, 6.45) is 7.13. The van der Waals surface area contributed by atoms with Crippen molar-refractivity contribution in [1.82, 2.24) is 10.1 Å². The summed E-state index contributed by atoms with van der Waals surface area (Å²) in [5.74, 6) is 3.93. The van der Waals surface area contributed by atoms with E-state index in [0.29, 0.717) is 32.2 Å². The average Bonchev–Trinajstić information content (AvgIpc) is 3.52. The molecule has 0 spiro atoms. The summed E-state index contributed by atoms with van der Waals surface area (Å²) in [7, 11) is 0. The van der Waals surface area contributed by atoms with Gasteiger partial charge in [-0.3, -0.25) is 4.90 Å². The zero-order valence-corrected chi connectivity index (χ0v) is 17.9. The van der Waals surface area contributed by atoms with Crippen LogP contribution in [0.1, 0.15) is 18.4 Å². The number of aromatic nitrogens is 1. The summed E-state index contributed by atoms with van der Waals surface area (Å²) in [5.41, 5.74) is 2.96.